The summed E-state index contributed by atoms with van der Waals surface area (Å²) >= 11 is 0. The minimum absolute atomic E-state index is 0.207. The van der Waals surface area contributed by atoms with Crippen LogP contribution in [0.5, 0.6) is 0 Å². The lowest BCUT2D eigenvalue weighted by Crippen LogP contribution is -2.66. The molecule has 1 amide bonds. The number of rotatable bonds is 41. The first-order valence-electron chi connectivity index (χ1n) is 28.9. The van der Waals surface area contributed by atoms with Crippen molar-refractivity contribution in [3.8, 4) is 0 Å². The molecule has 0 aromatic heterocycles. The molecule has 0 saturated carbocycles. The van der Waals surface area contributed by atoms with Gasteiger partial charge in [0, 0.05) is 6.42 Å². The number of hydrogen-bond acceptors (Lipinski definition) is 18. The van der Waals surface area contributed by atoms with E-state index >= 15 is 0 Å². The molecule has 17 atom stereocenters. The van der Waals surface area contributed by atoms with Crippen molar-refractivity contribution < 1.29 is 89.4 Å². The molecule has 76 heavy (non-hydrogen) atoms. The number of unbranched alkanes of at least 4 members (excludes halogenated alkanes) is 19. The first-order chi connectivity index (χ1) is 36.8. The predicted molar refractivity (Wildman–Crippen MR) is 286 cm³/mol. The molecule has 19 heteroatoms. The van der Waals surface area contributed by atoms with Gasteiger partial charge in [-0.1, -0.05) is 165 Å². The van der Waals surface area contributed by atoms with Crippen LogP contribution in [-0.2, 0) is 33.2 Å². The van der Waals surface area contributed by atoms with E-state index in [0.717, 1.165) is 64.2 Å². The van der Waals surface area contributed by atoms with Crippen LogP contribution in [0.1, 0.15) is 174 Å². The maximum atomic E-state index is 13.3. The maximum absolute atomic E-state index is 13.3. The van der Waals surface area contributed by atoms with Gasteiger partial charge in [0.2, 0.25) is 5.91 Å². The summed E-state index contributed by atoms with van der Waals surface area (Å²) in [6.07, 6.45) is 16.7. The van der Waals surface area contributed by atoms with Gasteiger partial charge in [-0.2, -0.15) is 0 Å². The van der Waals surface area contributed by atoms with E-state index in [1.807, 2.05) is 6.08 Å². The fourth-order valence-electron chi connectivity index (χ4n) is 9.62. The Hall–Kier alpha value is -2.25. The largest absolute Gasteiger partial charge is 0.394 e. The average Bonchev–Trinajstić information content (AvgIpc) is 3.41. The molecule has 442 valence electrons. The van der Waals surface area contributed by atoms with Crippen LogP contribution in [0.3, 0.4) is 0 Å². The van der Waals surface area contributed by atoms with E-state index < -0.39 is 124 Å². The van der Waals surface area contributed by atoms with Gasteiger partial charge in [-0.3, -0.25) is 4.79 Å². The third-order valence-electron chi connectivity index (χ3n) is 14.4. The molecule has 17 unspecified atom stereocenters. The summed E-state index contributed by atoms with van der Waals surface area (Å²) < 4.78 is 34.2. The summed E-state index contributed by atoms with van der Waals surface area (Å²) in [6, 6.07) is -0.988. The monoisotopic (exact) mass is 1090 g/mol. The zero-order valence-electron chi connectivity index (χ0n) is 45.7. The Kier molecular flexibility index (Phi) is 36.6. The van der Waals surface area contributed by atoms with Crippen molar-refractivity contribution in [2.24, 2.45) is 0 Å². The second-order valence-corrected chi connectivity index (χ2v) is 20.7. The Balaban J connectivity index is 1.53. The molecule has 0 aromatic carbocycles. The average molecular weight is 1090 g/mol. The third kappa shape index (κ3) is 25.0. The van der Waals surface area contributed by atoms with E-state index in [1.54, 1.807) is 6.08 Å². The molecule has 0 spiro atoms. The van der Waals surface area contributed by atoms with E-state index in [2.05, 4.69) is 55.6 Å². The molecule has 19 nitrogen and oxygen atoms in total. The number of allylic oxidation sites excluding steroid dienone is 7. The van der Waals surface area contributed by atoms with Gasteiger partial charge in [-0.15, -0.1) is 0 Å². The lowest BCUT2D eigenvalue weighted by Gasteiger charge is -2.48. The van der Waals surface area contributed by atoms with Crippen molar-refractivity contribution in [2.75, 3.05) is 26.4 Å². The third-order valence-corrected chi connectivity index (χ3v) is 14.4. The van der Waals surface area contributed by atoms with Crippen LogP contribution in [0, 0.1) is 0 Å². The molecule has 0 aliphatic carbocycles. The minimum atomic E-state index is -1.98. The summed E-state index contributed by atoms with van der Waals surface area (Å²) in [5.41, 5.74) is 0. The molecular weight excluding hydrogens is 987 g/mol. The highest BCUT2D eigenvalue weighted by atomic mass is 16.8. The number of amides is 1. The predicted octanol–water partition coefficient (Wildman–Crippen LogP) is 4.31. The lowest BCUT2D eigenvalue weighted by atomic mass is 9.96. The standard InChI is InChI=1S/C57H101NO18/c1-3-5-7-9-11-13-15-17-18-19-20-21-23-24-26-28-30-32-34-41(62)40(58-45(63)35-33-31-29-27-25-22-16-14-12-10-8-6-4-2)39-71-55-51(69)48(66)53(43(37-60)73-55)76-57-52(70)49(67)54(44(38-61)74-57)75-56-50(68)47(65)46(64)42(36-59)72-56/h6,8,12,14,22,25,32,34,40-44,46-57,59-62,64-70H,3-5,7,9-11,13,15-21,23-24,26-31,33,35-39H2,1-2H3,(H,58,63)/b8-6-,14-12-,25-22-,34-32+. The maximum Gasteiger partial charge on any atom is 0.220 e. The Morgan fingerprint density at radius 3 is 1.42 bits per heavy atom. The van der Waals surface area contributed by atoms with Crippen LogP contribution in [0.25, 0.3) is 0 Å². The van der Waals surface area contributed by atoms with Gasteiger partial charge in [0.15, 0.2) is 18.9 Å². The van der Waals surface area contributed by atoms with Gasteiger partial charge in [-0.25, -0.2) is 0 Å². The van der Waals surface area contributed by atoms with Crippen molar-refractivity contribution in [1.82, 2.24) is 5.32 Å². The van der Waals surface area contributed by atoms with Crippen molar-refractivity contribution in [1.29, 1.82) is 0 Å². The zero-order valence-corrected chi connectivity index (χ0v) is 45.7. The molecule has 0 radical (unpaired) electrons. The van der Waals surface area contributed by atoms with Crippen LogP contribution >= 0.6 is 0 Å². The second-order valence-electron chi connectivity index (χ2n) is 20.7. The van der Waals surface area contributed by atoms with E-state index in [9.17, 15) is 61.0 Å². The van der Waals surface area contributed by atoms with Crippen LogP contribution in [-0.4, -0.2) is 193 Å². The molecule has 3 aliphatic heterocycles. The Labute approximate surface area is 453 Å². The van der Waals surface area contributed by atoms with Crippen LogP contribution < -0.4 is 5.32 Å². The fraction of sp³-hybridized carbons (Fsp3) is 0.842. The van der Waals surface area contributed by atoms with Gasteiger partial charge in [0.25, 0.3) is 0 Å². The molecule has 12 N–H and O–H groups in total. The highest BCUT2D eigenvalue weighted by Crippen LogP contribution is 2.33. The minimum Gasteiger partial charge on any atom is -0.394 e. The first kappa shape index (κ1) is 68.0. The van der Waals surface area contributed by atoms with Crippen molar-refractivity contribution in [3.63, 3.8) is 0 Å². The van der Waals surface area contributed by atoms with Crippen LogP contribution in [0.2, 0.25) is 0 Å². The summed E-state index contributed by atoms with van der Waals surface area (Å²) in [6.45, 7) is 1.56. The van der Waals surface area contributed by atoms with E-state index in [0.29, 0.717) is 6.42 Å². The van der Waals surface area contributed by atoms with E-state index in [1.165, 1.54) is 83.5 Å². The van der Waals surface area contributed by atoms with Crippen LogP contribution in [0.4, 0.5) is 0 Å². The van der Waals surface area contributed by atoms with Crippen molar-refractivity contribution >= 4 is 5.91 Å². The van der Waals surface area contributed by atoms with Crippen molar-refractivity contribution in [3.05, 3.63) is 48.6 Å². The highest BCUT2D eigenvalue weighted by molar-refractivity contribution is 5.76. The zero-order chi connectivity index (χ0) is 55.5. The normalized spacial score (nSPS) is 31.3. The lowest BCUT2D eigenvalue weighted by molar-refractivity contribution is -0.379. The molecule has 3 heterocycles. The quantitative estimate of drug-likeness (QED) is 0.0300. The number of carbonyl (C=O) groups excluding carboxylic acids is 1. The van der Waals surface area contributed by atoms with Gasteiger partial charge < -0.3 is 89.9 Å². The first-order valence-corrected chi connectivity index (χ1v) is 28.9. The molecule has 0 bridgehead atoms. The molecular formula is C57H101NO18. The van der Waals surface area contributed by atoms with Gasteiger partial charge in [0.05, 0.1) is 38.6 Å². The Bertz CT molecular complexity index is 1580. The summed E-state index contributed by atoms with van der Waals surface area (Å²) in [7, 11) is 0. The molecule has 3 saturated heterocycles. The Morgan fingerprint density at radius 1 is 0.487 bits per heavy atom. The van der Waals surface area contributed by atoms with E-state index in [4.69, 9.17) is 28.4 Å². The highest BCUT2D eigenvalue weighted by Gasteiger charge is 2.53. The Morgan fingerprint density at radius 2 is 0.908 bits per heavy atom. The second kappa shape index (κ2) is 40.9. The smallest absolute Gasteiger partial charge is 0.220 e. The number of ether oxygens (including phenoxy) is 6. The number of nitrogens with one attached hydrogen (secondary N) is 1. The molecule has 3 aliphatic rings. The summed E-state index contributed by atoms with van der Waals surface area (Å²) in [5.74, 6) is -0.307. The summed E-state index contributed by atoms with van der Waals surface area (Å²) in [5, 5.41) is 120. The number of aliphatic hydroxyl groups excluding tert-OH is 11. The molecule has 3 fully saturated rings. The van der Waals surface area contributed by atoms with Crippen molar-refractivity contribution in [2.45, 2.75) is 279 Å². The van der Waals surface area contributed by atoms with Crippen LogP contribution in [0.15, 0.2) is 48.6 Å². The van der Waals surface area contributed by atoms with Gasteiger partial charge in [-0.05, 0) is 51.4 Å². The fourth-order valence-corrected chi connectivity index (χ4v) is 9.62. The number of hydrogen-bond donors (Lipinski definition) is 12. The SMILES string of the molecule is CC/C=C\C/C=C\C/C=C\CCCCCC(=O)NC(COC1OC(CO)C(OC2OC(CO)C(OC3OC(CO)C(O)C(O)C3O)C(O)C2O)C(O)C1O)C(O)/C=C/CCCCCCCCCCCCCCCCCC. The van der Waals surface area contributed by atoms with Gasteiger partial charge >= 0.3 is 0 Å². The molecule has 0 aromatic rings. The molecule has 3 rings (SSSR count). The number of aliphatic hydroxyl groups is 11. The topological polar surface area (TPSA) is 307 Å². The van der Waals surface area contributed by atoms with E-state index in [-0.39, 0.29) is 18.9 Å². The summed E-state index contributed by atoms with van der Waals surface area (Å²) in [4.78, 5) is 13.3. The van der Waals surface area contributed by atoms with Gasteiger partial charge in [0.1, 0.15) is 73.2 Å². The number of carbonyl (C=O) groups is 1.